The molecule has 0 unspecified atom stereocenters. The molecule has 0 bridgehead atoms. The summed E-state index contributed by atoms with van der Waals surface area (Å²) in [5.74, 6) is 0.705. The van der Waals surface area contributed by atoms with Gasteiger partial charge in [0.05, 0.1) is 23.8 Å². The third-order valence-corrected chi connectivity index (χ3v) is 6.93. The molecule has 0 N–H and O–H groups in total. The molecule has 6 nitrogen and oxygen atoms in total. The Balaban J connectivity index is 1.80. The number of nitrogens with zero attached hydrogens (tertiary/aromatic N) is 2. The number of ether oxygens (including phenoxy) is 2. The van der Waals surface area contributed by atoms with Crippen molar-refractivity contribution in [2.75, 3.05) is 17.9 Å². The fourth-order valence-electron chi connectivity index (χ4n) is 4.11. The highest BCUT2D eigenvalue weighted by atomic mass is 32.2. The van der Waals surface area contributed by atoms with E-state index in [1.165, 1.54) is 11.9 Å². The molecule has 2 aromatic rings. The van der Waals surface area contributed by atoms with Crippen molar-refractivity contribution in [3.63, 3.8) is 0 Å². The molecule has 3 atom stereocenters. The first-order valence-electron chi connectivity index (χ1n) is 9.36. The summed E-state index contributed by atoms with van der Waals surface area (Å²) >= 11 is 1.61. The normalized spacial score (nSPS) is 26.0. The Bertz CT molecular complexity index is 961. The lowest BCUT2D eigenvalue weighted by Gasteiger charge is -2.33. The van der Waals surface area contributed by atoms with Gasteiger partial charge in [0.1, 0.15) is 17.3 Å². The minimum Gasteiger partial charge on any atom is -0.497 e. The second kappa shape index (κ2) is 7.55. The zero-order chi connectivity index (χ0) is 20.6. The predicted molar refractivity (Wildman–Crippen MR) is 113 cm³/mol. The van der Waals surface area contributed by atoms with Crippen molar-refractivity contribution in [2.45, 2.75) is 25.2 Å². The number of rotatable bonds is 4. The summed E-state index contributed by atoms with van der Waals surface area (Å²) in [7, 11) is 1.62. The number of anilines is 1. The van der Waals surface area contributed by atoms with Crippen LogP contribution >= 0.6 is 11.8 Å². The van der Waals surface area contributed by atoms with Crippen LogP contribution in [0.4, 0.5) is 5.69 Å². The SMILES string of the molecule is COc1ccc([C@@H]2SC[C@H](OC(C)=O)[C@@]23C(=O)N(c2ccccc2)N=C3C)cc1. The fraction of sp³-hybridized carbons (Fsp3) is 0.318. The first-order chi connectivity index (χ1) is 14.0. The van der Waals surface area contributed by atoms with Crippen molar-refractivity contribution < 1.29 is 19.1 Å². The third-order valence-electron chi connectivity index (χ3n) is 5.46. The summed E-state index contributed by atoms with van der Waals surface area (Å²) in [5.41, 5.74) is 1.29. The van der Waals surface area contributed by atoms with Crippen LogP contribution in [-0.4, -0.2) is 36.6 Å². The molecule has 0 aliphatic carbocycles. The molecule has 1 amide bonds. The molecular formula is C22H22N2O4S. The number of amides is 1. The van der Waals surface area contributed by atoms with Gasteiger partial charge in [-0.1, -0.05) is 30.3 Å². The molecule has 2 aromatic carbocycles. The number of carbonyl (C=O) groups excluding carboxylic acids is 2. The number of esters is 1. The Morgan fingerprint density at radius 3 is 2.48 bits per heavy atom. The molecule has 1 spiro atoms. The second-order valence-electron chi connectivity index (χ2n) is 7.09. The molecule has 0 saturated carbocycles. The minimum absolute atomic E-state index is 0.168. The Morgan fingerprint density at radius 1 is 1.17 bits per heavy atom. The Labute approximate surface area is 173 Å². The van der Waals surface area contributed by atoms with Gasteiger partial charge < -0.3 is 9.47 Å². The summed E-state index contributed by atoms with van der Waals surface area (Å²) < 4.78 is 10.9. The highest BCUT2D eigenvalue weighted by Crippen LogP contribution is 2.58. The van der Waals surface area contributed by atoms with Gasteiger partial charge in [0.25, 0.3) is 5.91 Å². The molecule has 2 heterocycles. The lowest BCUT2D eigenvalue weighted by Crippen LogP contribution is -2.50. The zero-order valence-electron chi connectivity index (χ0n) is 16.5. The third kappa shape index (κ3) is 3.09. The van der Waals surface area contributed by atoms with E-state index in [2.05, 4.69) is 5.10 Å². The summed E-state index contributed by atoms with van der Waals surface area (Å²) in [4.78, 5) is 25.6. The van der Waals surface area contributed by atoms with Crippen molar-refractivity contribution in [2.24, 2.45) is 10.5 Å². The van der Waals surface area contributed by atoms with E-state index in [0.29, 0.717) is 17.2 Å². The summed E-state index contributed by atoms with van der Waals surface area (Å²) in [6.45, 7) is 3.22. The van der Waals surface area contributed by atoms with E-state index < -0.39 is 17.5 Å². The van der Waals surface area contributed by atoms with Gasteiger partial charge in [-0.25, -0.2) is 0 Å². The lowest BCUT2D eigenvalue weighted by atomic mass is 9.73. The first-order valence-corrected chi connectivity index (χ1v) is 10.4. The number of benzene rings is 2. The standard InChI is InChI=1S/C22H22N2O4S/c1-14-22(21(26)24(23-14)17-7-5-4-6-8-17)19(28-15(2)25)13-29-20(22)16-9-11-18(27-3)12-10-16/h4-12,19-20H,13H2,1-3H3/t19-,20-,22+/m0/s1. The molecule has 2 aliphatic heterocycles. The molecule has 7 heteroatoms. The number of carbonyl (C=O) groups is 2. The predicted octanol–water partition coefficient (Wildman–Crippen LogP) is 3.82. The topological polar surface area (TPSA) is 68.2 Å². The van der Waals surface area contributed by atoms with Gasteiger partial charge >= 0.3 is 5.97 Å². The van der Waals surface area contributed by atoms with Crippen molar-refractivity contribution >= 4 is 35.0 Å². The van der Waals surface area contributed by atoms with Gasteiger partial charge in [0.15, 0.2) is 0 Å². The molecule has 4 rings (SSSR count). The maximum atomic E-state index is 13.8. The maximum Gasteiger partial charge on any atom is 0.302 e. The average Bonchev–Trinajstić information content (AvgIpc) is 3.23. The molecule has 29 heavy (non-hydrogen) atoms. The van der Waals surface area contributed by atoms with Gasteiger partial charge in [-0.15, -0.1) is 11.8 Å². The van der Waals surface area contributed by atoms with Crippen molar-refractivity contribution in [3.8, 4) is 5.75 Å². The highest BCUT2D eigenvalue weighted by molar-refractivity contribution is 8.00. The monoisotopic (exact) mass is 410 g/mol. The Morgan fingerprint density at radius 2 is 1.86 bits per heavy atom. The van der Waals surface area contributed by atoms with E-state index in [1.807, 2.05) is 61.5 Å². The second-order valence-corrected chi connectivity index (χ2v) is 8.23. The smallest absolute Gasteiger partial charge is 0.302 e. The van der Waals surface area contributed by atoms with Gasteiger partial charge in [-0.2, -0.15) is 10.1 Å². The van der Waals surface area contributed by atoms with E-state index in [-0.39, 0.29) is 11.2 Å². The van der Waals surface area contributed by atoms with Crippen LogP contribution in [0.2, 0.25) is 0 Å². The number of hydrogen-bond acceptors (Lipinski definition) is 6. The van der Waals surface area contributed by atoms with E-state index in [1.54, 1.807) is 18.9 Å². The molecule has 0 radical (unpaired) electrons. The molecule has 1 saturated heterocycles. The van der Waals surface area contributed by atoms with Crippen molar-refractivity contribution in [3.05, 3.63) is 60.2 Å². The van der Waals surface area contributed by atoms with E-state index in [4.69, 9.17) is 9.47 Å². The zero-order valence-corrected chi connectivity index (χ0v) is 17.3. The molecule has 1 fully saturated rings. The lowest BCUT2D eigenvalue weighted by molar-refractivity contribution is -0.151. The minimum atomic E-state index is -1.04. The van der Waals surface area contributed by atoms with Gasteiger partial charge in [-0.3, -0.25) is 9.59 Å². The van der Waals surface area contributed by atoms with Crippen LogP contribution in [0.25, 0.3) is 0 Å². The number of para-hydroxylation sites is 1. The molecule has 2 aliphatic rings. The molecule has 0 aromatic heterocycles. The first kappa shape index (κ1) is 19.5. The number of hydrogen-bond donors (Lipinski definition) is 0. The highest BCUT2D eigenvalue weighted by Gasteiger charge is 2.65. The van der Waals surface area contributed by atoms with Crippen molar-refractivity contribution in [1.82, 2.24) is 0 Å². The van der Waals surface area contributed by atoms with Crippen LogP contribution in [-0.2, 0) is 14.3 Å². The van der Waals surface area contributed by atoms with Crippen LogP contribution in [0.15, 0.2) is 59.7 Å². The van der Waals surface area contributed by atoms with E-state index in [0.717, 1.165) is 11.3 Å². The fourth-order valence-corrected chi connectivity index (χ4v) is 5.84. The Hall–Kier alpha value is -2.80. The van der Waals surface area contributed by atoms with Crippen LogP contribution in [0.1, 0.15) is 24.7 Å². The van der Waals surface area contributed by atoms with Gasteiger partial charge in [0.2, 0.25) is 0 Å². The summed E-state index contributed by atoms with van der Waals surface area (Å²) in [6.07, 6.45) is -0.581. The molecular weight excluding hydrogens is 388 g/mol. The number of hydrazone groups is 1. The van der Waals surface area contributed by atoms with E-state index in [9.17, 15) is 9.59 Å². The van der Waals surface area contributed by atoms with Crippen LogP contribution < -0.4 is 9.75 Å². The van der Waals surface area contributed by atoms with Gasteiger partial charge in [0, 0.05) is 12.7 Å². The Kier molecular flexibility index (Phi) is 5.08. The summed E-state index contributed by atoms with van der Waals surface area (Å²) in [6, 6.07) is 17.0. The van der Waals surface area contributed by atoms with E-state index >= 15 is 0 Å². The van der Waals surface area contributed by atoms with Crippen LogP contribution in [0.3, 0.4) is 0 Å². The quantitative estimate of drug-likeness (QED) is 0.717. The van der Waals surface area contributed by atoms with Crippen molar-refractivity contribution in [1.29, 1.82) is 0 Å². The largest absolute Gasteiger partial charge is 0.497 e. The maximum absolute atomic E-state index is 13.8. The van der Waals surface area contributed by atoms with Gasteiger partial charge in [-0.05, 0) is 36.8 Å². The van der Waals surface area contributed by atoms with Crippen LogP contribution in [0, 0.1) is 5.41 Å². The molecule has 150 valence electrons. The average molecular weight is 410 g/mol. The summed E-state index contributed by atoms with van der Waals surface area (Å²) in [5, 5.41) is 5.83. The number of thioether (sulfide) groups is 1. The van der Waals surface area contributed by atoms with Crippen LogP contribution in [0.5, 0.6) is 5.75 Å². The number of methoxy groups -OCH3 is 1.